The van der Waals surface area contributed by atoms with Crippen LogP contribution < -0.4 is 60.3 Å². The number of likely N-dealkylation sites (tertiary alicyclic amines) is 3. The molecule has 3 aliphatic heterocycles. The highest BCUT2D eigenvalue weighted by Gasteiger charge is 2.37. The third kappa shape index (κ3) is 22.3. The van der Waals surface area contributed by atoms with Crippen molar-refractivity contribution in [3.63, 3.8) is 0 Å². The number of anilines is 9. The van der Waals surface area contributed by atoms with Crippen LogP contribution in [0.3, 0.4) is 0 Å². The van der Waals surface area contributed by atoms with Crippen LogP contribution in [0.25, 0.3) is 32.7 Å². The lowest BCUT2D eigenvalue weighted by Crippen LogP contribution is -2.36. The predicted molar refractivity (Wildman–Crippen MR) is 449 cm³/mol. The van der Waals surface area contributed by atoms with Gasteiger partial charge >= 0.3 is 7.82 Å². The van der Waals surface area contributed by atoms with Gasteiger partial charge < -0.3 is 60.3 Å². The summed E-state index contributed by atoms with van der Waals surface area (Å²) in [6.07, 6.45) is 21.1. The molecule has 6 aromatic heterocycles. The molecule has 3 amide bonds. The quantitative estimate of drug-likeness (QED) is 0.0153. The molecule has 9 heterocycles. The number of hydrogen-bond acceptors (Lipinski definition) is 28. The zero-order chi connectivity index (χ0) is 84.3. The minimum absolute atomic E-state index is 0.0797. The van der Waals surface area contributed by atoms with Crippen LogP contribution in [0.2, 0.25) is 0 Å². The molecule has 6 N–H and O–H groups in total. The van der Waals surface area contributed by atoms with Gasteiger partial charge in [0.25, 0.3) is 0 Å². The summed E-state index contributed by atoms with van der Waals surface area (Å²) in [5, 5.41) is 32.8. The third-order valence-corrected chi connectivity index (χ3v) is 22.4. The molecule has 6 aromatic carbocycles. The van der Waals surface area contributed by atoms with E-state index < -0.39 is 25.3 Å². The minimum Gasteiger partial charge on any atom is -0.493 e. The van der Waals surface area contributed by atoms with Crippen LogP contribution in [0.15, 0.2) is 165 Å². The van der Waals surface area contributed by atoms with Gasteiger partial charge in [-0.25, -0.2) is 47.6 Å². The summed E-state index contributed by atoms with van der Waals surface area (Å²) in [4.78, 5) is 72.3. The van der Waals surface area contributed by atoms with E-state index in [2.05, 4.69) is 91.8 Å². The Hall–Kier alpha value is -12.6. The van der Waals surface area contributed by atoms with Crippen molar-refractivity contribution < 1.29 is 74.1 Å². The molecule has 0 radical (unpaired) electrons. The van der Waals surface area contributed by atoms with E-state index in [-0.39, 0.29) is 75.3 Å². The maximum Gasteiger partial charge on any atom is 0.474 e. The molecule has 38 heteroatoms. The number of carbonyl (C=O) groups is 3. The van der Waals surface area contributed by atoms with Crippen molar-refractivity contribution in [2.24, 2.45) is 0 Å². The third-order valence-electron chi connectivity index (χ3n) is 21.0. The van der Waals surface area contributed by atoms with Crippen LogP contribution in [0.4, 0.5) is 64.7 Å². The average Bonchev–Trinajstić information content (AvgIpc) is 0.975. The highest BCUT2D eigenvalue weighted by molar-refractivity contribution is 7.48. The molecular formula is C84H93F3N21O13P. The van der Waals surface area contributed by atoms with Gasteiger partial charge in [-0.15, -0.1) is 0 Å². The van der Waals surface area contributed by atoms with Crippen LogP contribution in [-0.2, 0) is 52.2 Å². The lowest BCUT2D eigenvalue weighted by atomic mass is 10.2. The molecule has 3 atom stereocenters. The van der Waals surface area contributed by atoms with Crippen molar-refractivity contribution in [2.75, 3.05) is 132 Å². The van der Waals surface area contributed by atoms with Crippen molar-refractivity contribution in [1.82, 2.24) is 73.9 Å². The summed E-state index contributed by atoms with van der Waals surface area (Å²) in [5.41, 5.74) is 4.51. The molecular weight excluding hydrogens is 1600 g/mol. The smallest absolute Gasteiger partial charge is 0.474 e. The van der Waals surface area contributed by atoms with Crippen LogP contribution in [-0.4, -0.2) is 210 Å². The summed E-state index contributed by atoms with van der Waals surface area (Å²) >= 11 is 0. The number of fused-ring (bicyclic) bond motifs is 3. The predicted octanol–water partition coefficient (Wildman–Crippen LogP) is 13.0. The van der Waals surface area contributed by atoms with E-state index in [1.165, 1.54) is 87.6 Å². The molecule has 3 fully saturated rings. The molecule has 12 aromatic rings. The summed E-state index contributed by atoms with van der Waals surface area (Å²) in [6.45, 7) is 5.47. The first-order valence-corrected chi connectivity index (χ1v) is 41.6. The zero-order valence-electron chi connectivity index (χ0n) is 67.4. The SMILES string of the molecule is COc1cc2c(Nc3cnn(CC(=O)Nc4cccc(F)c4)c3)ncnc2cc1OCCCN1CCC[C@H]1COP(=O)(OC[C@@H]1CCCN1CCCOc1cc2ncnc(Nc3cnn(CC(=O)Nc4cccc(F)c4)c3)c2cc1OC)OC[C@@H]1CCCN1CCCOc1cc2ncnc(Nc3cnn(CC(=O)Nc4cccc(F)c4)c3)c2cc1OC. The number of benzene rings is 6. The van der Waals surface area contributed by atoms with Gasteiger partial charge in [-0.05, 0) is 150 Å². The number of amides is 3. The Kier molecular flexibility index (Phi) is 27.8. The maximum absolute atomic E-state index is 15.4. The number of phosphoric ester groups is 1. The van der Waals surface area contributed by atoms with Crippen molar-refractivity contribution in [2.45, 2.75) is 95.5 Å². The van der Waals surface area contributed by atoms with Gasteiger partial charge in [0.2, 0.25) is 17.7 Å². The maximum atomic E-state index is 15.4. The van der Waals surface area contributed by atoms with Gasteiger partial charge in [-0.1, -0.05) is 18.2 Å². The molecule has 0 aliphatic carbocycles. The van der Waals surface area contributed by atoms with E-state index in [1.54, 1.807) is 113 Å². The molecule has 3 saturated heterocycles. The largest absolute Gasteiger partial charge is 0.493 e. The monoisotopic (exact) mass is 1690 g/mol. The summed E-state index contributed by atoms with van der Waals surface area (Å²) in [7, 11) is 0.485. The van der Waals surface area contributed by atoms with Gasteiger partial charge in [-0.3, -0.25) is 56.7 Å². The van der Waals surface area contributed by atoms with Crippen LogP contribution >= 0.6 is 7.82 Å². The first-order chi connectivity index (χ1) is 59.5. The number of phosphoric acid groups is 1. The summed E-state index contributed by atoms with van der Waals surface area (Å²) < 4.78 is 117. The van der Waals surface area contributed by atoms with Gasteiger partial charge in [-0.2, -0.15) is 15.3 Å². The topological polar surface area (TPSA) is 364 Å². The molecule has 0 saturated carbocycles. The number of hydrogen-bond donors (Lipinski definition) is 6. The number of ether oxygens (including phenoxy) is 6. The second-order valence-corrected chi connectivity index (χ2v) is 31.2. The van der Waals surface area contributed by atoms with E-state index in [4.69, 9.17) is 42.0 Å². The standard InChI is InChI=1S/C84H93F3N21O13P/c1-113-73-34-67-70(88-52-91-82(67)100-61-40-94-106(43-61)46-79(109)97-58-16-4-13-55(85)31-58)37-76(73)116-28-10-25-103-22-7-19-64(103)49-119-122(112,120-50-65-20-8-23-104(65)26-11-29-117-77-38-71-68(35-74(77)114-2)83(92-53-89-71)101-62-41-95-107(44-62)47-80(110)98-59-17-5-14-56(86)32-59)121-51-66-21-9-24-105(66)27-12-30-118-78-39-72-69(36-75(78)115-3)84(93-54-90-72)102-63-42-96-108(45-63)48-81(111)99-60-18-6-15-57(87)33-60/h4-6,13-18,31-45,52-54,64-66H,7-12,19-30,46-51H2,1-3H3,(H,97,109)(H,98,110)(H,99,111)(H,88,91,100)(H,89,92,101)(H,90,93,102)/t64-,65-,66-/m0/s1. The number of nitrogens with zero attached hydrogens (tertiary/aromatic N) is 15. The van der Waals surface area contributed by atoms with Crippen molar-refractivity contribution in [1.29, 1.82) is 0 Å². The minimum atomic E-state index is -4.21. The van der Waals surface area contributed by atoms with Gasteiger partial charge in [0.15, 0.2) is 34.5 Å². The zero-order valence-corrected chi connectivity index (χ0v) is 68.3. The number of rotatable bonds is 42. The van der Waals surface area contributed by atoms with E-state index >= 15 is 4.57 Å². The number of nitrogens with one attached hydrogen (secondary N) is 6. The van der Waals surface area contributed by atoms with Gasteiger partial charge in [0, 0.05) is 108 Å². The molecule has 0 unspecified atom stereocenters. The van der Waals surface area contributed by atoms with Crippen molar-refractivity contribution in [3.05, 3.63) is 183 Å². The first kappa shape index (κ1) is 84.4. The van der Waals surface area contributed by atoms with E-state index in [0.29, 0.717) is 178 Å². The van der Waals surface area contributed by atoms with Crippen molar-refractivity contribution >= 4 is 110 Å². The Morgan fingerprint density at radius 1 is 0.410 bits per heavy atom. The normalized spacial score (nSPS) is 15.7. The lowest BCUT2D eigenvalue weighted by Gasteiger charge is -2.30. The number of methoxy groups -OCH3 is 3. The van der Waals surface area contributed by atoms with Gasteiger partial charge in [0.1, 0.15) is 73.5 Å². The fourth-order valence-corrected chi connectivity index (χ4v) is 16.4. The Labute approximate surface area is 699 Å². The molecule has 15 rings (SSSR count). The average molecular weight is 1690 g/mol. The van der Waals surface area contributed by atoms with Crippen LogP contribution in [0.1, 0.15) is 57.8 Å². The Bertz CT molecular complexity index is 5150. The first-order valence-electron chi connectivity index (χ1n) is 40.2. The van der Waals surface area contributed by atoms with Gasteiger partial charge in [0.05, 0.1) is 113 Å². The Morgan fingerprint density at radius 2 is 0.721 bits per heavy atom. The van der Waals surface area contributed by atoms with Crippen LogP contribution in [0, 0.1) is 17.5 Å². The summed E-state index contributed by atoms with van der Waals surface area (Å²) in [5.74, 6) is 1.83. The highest BCUT2D eigenvalue weighted by atomic mass is 31.2. The number of halogens is 3. The number of aromatic nitrogens is 12. The highest BCUT2D eigenvalue weighted by Crippen LogP contribution is 2.51. The van der Waals surface area contributed by atoms with Crippen molar-refractivity contribution in [3.8, 4) is 34.5 Å². The number of carbonyl (C=O) groups excluding carboxylic acids is 3. The lowest BCUT2D eigenvalue weighted by molar-refractivity contribution is -0.117. The molecule has 0 bridgehead atoms. The molecule has 0 spiro atoms. The fraction of sp³-hybridized carbons (Fsp3) is 0.357. The molecule has 122 heavy (non-hydrogen) atoms. The summed E-state index contributed by atoms with van der Waals surface area (Å²) in [6, 6.07) is 27.6. The Morgan fingerprint density at radius 3 is 1.02 bits per heavy atom. The fourth-order valence-electron chi connectivity index (χ4n) is 15.1. The second kappa shape index (κ2) is 40.2. The van der Waals surface area contributed by atoms with E-state index in [1.807, 2.05) is 0 Å². The second-order valence-electron chi connectivity index (χ2n) is 29.5. The van der Waals surface area contributed by atoms with Crippen LogP contribution in [0.5, 0.6) is 34.5 Å². The molecule has 34 nitrogen and oxygen atoms in total. The Balaban J connectivity index is 0.556. The van der Waals surface area contributed by atoms with E-state index in [0.717, 1.165) is 58.2 Å². The molecule has 3 aliphatic rings. The molecule has 638 valence electrons. The van der Waals surface area contributed by atoms with E-state index in [9.17, 15) is 27.6 Å².